The number of carbonyl (C=O) groups is 2. The molecule has 0 saturated heterocycles. The van der Waals surface area contributed by atoms with E-state index in [1.165, 1.54) is 17.1 Å². The van der Waals surface area contributed by atoms with E-state index in [0.717, 1.165) is 22.2 Å². The third-order valence-corrected chi connectivity index (χ3v) is 6.09. The standard InChI is InChI=1S/C27H22ClN7O2/c28-21-8-10-25(35-17-31-33-34-35)20(15-21)7-11-27(37)32-24(12-18-4-2-1-3-5-18)26(36)14-19-6-9-22-23(13-19)30-16-29-22/h1-11,13,15-17,24H,12,14H2,(H,29,30)(H,32,37)/b11-7+/t24-/m0/s1. The molecule has 2 N–H and O–H groups in total. The van der Waals surface area contributed by atoms with Crippen LogP contribution in [0.5, 0.6) is 0 Å². The second-order valence-corrected chi connectivity index (χ2v) is 8.88. The van der Waals surface area contributed by atoms with E-state index in [1.807, 2.05) is 48.5 Å². The lowest BCUT2D eigenvalue weighted by Crippen LogP contribution is -2.42. The molecule has 9 nitrogen and oxygen atoms in total. The number of tetrazole rings is 1. The van der Waals surface area contributed by atoms with Gasteiger partial charge in [-0.2, -0.15) is 4.68 Å². The van der Waals surface area contributed by atoms with Crippen LogP contribution in [0.15, 0.2) is 85.5 Å². The Balaban J connectivity index is 1.35. The van der Waals surface area contributed by atoms with Crippen molar-refractivity contribution >= 4 is 40.4 Å². The molecule has 0 saturated carbocycles. The molecular weight excluding hydrogens is 490 g/mol. The van der Waals surface area contributed by atoms with Crippen LogP contribution in [0.1, 0.15) is 16.7 Å². The number of aromatic amines is 1. The van der Waals surface area contributed by atoms with Gasteiger partial charge in [-0.3, -0.25) is 9.59 Å². The Morgan fingerprint density at radius 3 is 2.73 bits per heavy atom. The molecule has 2 heterocycles. The van der Waals surface area contributed by atoms with Crippen molar-refractivity contribution in [3.8, 4) is 5.69 Å². The summed E-state index contributed by atoms with van der Waals surface area (Å²) in [6.45, 7) is 0. The molecule has 3 aromatic carbocycles. The Bertz CT molecular complexity index is 1560. The van der Waals surface area contributed by atoms with Gasteiger partial charge in [0.15, 0.2) is 5.78 Å². The van der Waals surface area contributed by atoms with Crippen LogP contribution < -0.4 is 5.32 Å². The summed E-state index contributed by atoms with van der Waals surface area (Å²) >= 11 is 6.17. The number of fused-ring (bicyclic) bond motifs is 1. The summed E-state index contributed by atoms with van der Waals surface area (Å²) in [5.74, 6) is -0.498. The van der Waals surface area contributed by atoms with E-state index in [0.29, 0.717) is 22.7 Å². The van der Waals surface area contributed by atoms with E-state index in [9.17, 15) is 9.59 Å². The second-order valence-electron chi connectivity index (χ2n) is 8.44. The normalized spacial score (nSPS) is 12.1. The lowest BCUT2D eigenvalue weighted by molar-refractivity contribution is -0.125. The summed E-state index contributed by atoms with van der Waals surface area (Å²) < 4.78 is 1.48. The Hall–Kier alpha value is -4.63. The minimum absolute atomic E-state index is 0.0957. The summed E-state index contributed by atoms with van der Waals surface area (Å²) in [5.41, 5.74) is 4.78. The number of aromatic nitrogens is 6. The van der Waals surface area contributed by atoms with Gasteiger partial charge in [0.05, 0.1) is 29.1 Å². The summed E-state index contributed by atoms with van der Waals surface area (Å²) in [7, 11) is 0. The number of halogens is 1. The highest BCUT2D eigenvalue weighted by molar-refractivity contribution is 6.30. The van der Waals surface area contributed by atoms with Crippen LogP contribution in [0.25, 0.3) is 22.8 Å². The van der Waals surface area contributed by atoms with Crippen molar-refractivity contribution in [2.24, 2.45) is 0 Å². The lowest BCUT2D eigenvalue weighted by Gasteiger charge is -2.17. The van der Waals surface area contributed by atoms with Crippen molar-refractivity contribution in [3.05, 3.63) is 107 Å². The number of benzene rings is 3. The number of rotatable bonds is 9. The van der Waals surface area contributed by atoms with Crippen LogP contribution >= 0.6 is 11.6 Å². The van der Waals surface area contributed by atoms with Crippen molar-refractivity contribution in [1.29, 1.82) is 0 Å². The minimum atomic E-state index is -0.713. The van der Waals surface area contributed by atoms with E-state index in [1.54, 1.807) is 30.6 Å². The number of ketones is 1. The number of amides is 1. The zero-order chi connectivity index (χ0) is 25.6. The predicted octanol–water partition coefficient (Wildman–Crippen LogP) is 3.74. The van der Waals surface area contributed by atoms with Gasteiger partial charge in [0.25, 0.3) is 0 Å². The fraction of sp³-hybridized carbons (Fsp3) is 0.111. The van der Waals surface area contributed by atoms with E-state index >= 15 is 0 Å². The smallest absolute Gasteiger partial charge is 0.244 e. The molecule has 5 aromatic rings. The average molecular weight is 512 g/mol. The van der Waals surface area contributed by atoms with Crippen LogP contribution in [0.4, 0.5) is 0 Å². The molecule has 0 bridgehead atoms. The van der Waals surface area contributed by atoms with Gasteiger partial charge in [-0.25, -0.2) is 4.98 Å². The molecule has 1 atom stereocenters. The third kappa shape index (κ3) is 5.96. The van der Waals surface area contributed by atoms with Gasteiger partial charge < -0.3 is 10.3 Å². The maximum atomic E-state index is 13.3. The molecule has 0 unspecified atom stereocenters. The van der Waals surface area contributed by atoms with Crippen LogP contribution in [-0.4, -0.2) is 47.9 Å². The van der Waals surface area contributed by atoms with Crippen LogP contribution in [-0.2, 0) is 22.4 Å². The number of carbonyl (C=O) groups excluding carboxylic acids is 2. The van der Waals surface area contributed by atoms with Crippen LogP contribution in [0.3, 0.4) is 0 Å². The Morgan fingerprint density at radius 1 is 1.05 bits per heavy atom. The highest BCUT2D eigenvalue weighted by Crippen LogP contribution is 2.20. The first-order chi connectivity index (χ1) is 18.0. The van der Waals surface area contributed by atoms with E-state index in [4.69, 9.17) is 11.6 Å². The Labute approximate surface area is 217 Å². The average Bonchev–Trinajstić information content (AvgIpc) is 3.60. The fourth-order valence-electron chi connectivity index (χ4n) is 4.04. The first-order valence-electron chi connectivity index (χ1n) is 11.6. The summed E-state index contributed by atoms with van der Waals surface area (Å²) in [5, 5.41) is 14.6. The van der Waals surface area contributed by atoms with Crippen molar-refractivity contribution in [2.45, 2.75) is 18.9 Å². The zero-order valence-corrected chi connectivity index (χ0v) is 20.3. The van der Waals surface area contributed by atoms with Crippen molar-refractivity contribution in [1.82, 2.24) is 35.5 Å². The highest BCUT2D eigenvalue weighted by Gasteiger charge is 2.21. The van der Waals surface area contributed by atoms with Crippen molar-refractivity contribution < 1.29 is 9.59 Å². The number of Topliss-reactive ketones (excluding diaryl/α,β-unsaturated/α-hetero) is 1. The number of imidazole rings is 1. The largest absolute Gasteiger partial charge is 0.345 e. The maximum absolute atomic E-state index is 13.3. The molecular formula is C27H22ClN7O2. The fourth-order valence-corrected chi connectivity index (χ4v) is 4.22. The molecule has 10 heteroatoms. The SMILES string of the molecule is O=C(/C=C/c1cc(Cl)ccc1-n1cnnn1)N[C@@H](Cc1ccccc1)C(=O)Cc1ccc2nc[nH]c2c1. The van der Waals surface area contributed by atoms with Crippen LogP contribution in [0, 0.1) is 0 Å². The molecule has 0 radical (unpaired) electrons. The maximum Gasteiger partial charge on any atom is 0.244 e. The monoisotopic (exact) mass is 511 g/mol. The highest BCUT2D eigenvalue weighted by atomic mass is 35.5. The molecule has 1 amide bonds. The summed E-state index contributed by atoms with van der Waals surface area (Å²) in [4.78, 5) is 33.6. The first-order valence-corrected chi connectivity index (χ1v) is 11.9. The summed E-state index contributed by atoms with van der Waals surface area (Å²) in [6, 6.07) is 19.7. The molecule has 0 aliphatic heterocycles. The van der Waals surface area contributed by atoms with Gasteiger partial charge in [-0.1, -0.05) is 48.0 Å². The van der Waals surface area contributed by atoms with Gasteiger partial charge in [-0.15, -0.1) is 5.10 Å². The molecule has 0 aliphatic carbocycles. The van der Waals surface area contributed by atoms with Gasteiger partial charge in [-0.05, 0) is 64.4 Å². The van der Waals surface area contributed by atoms with Gasteiger partial charge in [0.1, 0.15) is 6.33 Å². The number of H-pyrrole nitrogens is 1. The minimum Gasteiger partial charge on any atom is -0.345 e. The first kappa shape index (κ1) is 24.1. The molecule has 0 fully saturated rings. The number of hydrogen-bond donors (Lipinski definition) is 2. The number of nitrogens with one attached hydrogen (secondary N) is 2. The quantitative estimate of drug-likeness (QED) is 0.291. The molecule has 37 heavy (non-hydrogen) atoms. The number of hydrogen-bond acceptors (Lipinski definition) is 6. The van der Waals surface area contributed by atoms with Crippen molar-refractivity contribution in [2.75, 3.05) is 0 Å². The van der Waals surface area contributed by atoms with Gasteiger partial charge in [0.2, 0.25) is 5.91 Å². The van der Waals surface area contributed by atoms with E-state index < -0.39 is 11.9 Å². The molecule has 2 aromatic heterocycles. The molecule has 5 rings (SSSR count). The van der Waals surface area contributed by atoms with E-state index in [-0.39, 0.29) is 12.2 Å². The van der Waals surface area contributed by atoms with Crippen LogP contribution in [0.2, 0.25) is 5.02 Å². The molecule has 184 valence electrons. The van der Waals surface area contributed by atoms with Gasteiger partial charge in [0, 0.05) is 23.1 Å². The zero-order valence-electron chi connectivity index (χ0n) is 19.6. The van der Waals surface area contributed by atoms with Gasteiger partial charge >= 0.3 is 0 Å². The van der Waals surface area contributed by atoms with Crippen molar-refractivity contribution in [3.63, 3.8) is 0 Å². The predicted molar refractivity (Wildman–Crippen MR) is 140 cm³/mol. The topological polar surface area (TPSA) is 118 Å². The lowest BCUT2D eigenvalue weighted by atomic mass is 9.97. The Kier molecular flexibility index (Phi) is 7.14. The Morgan fingerprint density at radius 2 is 1.92 bits per heavy atom. The molecule has 0 spiro atoms. The third-order valence-electron chi connectivity index (χ3n) is 5.85. The summed E-state index contributed by atoms with van der Waals surface area (Å²) in [6.07, 6.45) is 6.62. The molecule has 0 aliphatic rings. The second kappa shape index (κ2) is 11.0. The number of nitrogens with zero attached hydrogens (tertiary/aromatic N) is 5. The van der Waals surface area contributed by atoms with E-state index in [2.05, 4.69) is 30.8 Å².